The summed E-state index contributed by atoms with van der Waals surface area (Å²) in [6, 6.07) is 9.35. The van der Waals surface area contributed by atoms with Gasteiger partial charge in [0.15, 0.2) is 11.5 Å². The fourth-order valence-corrected chi connectivity index (χ4v) is 2.71. The Morgan fingerprint density at radius 2 is 1.80 bits per heavy atom. The molecule has 0 fully saturated rings. The third-order valence-electron chi connectivity index (χ3n) is 3.19. The molecule has 0 amide bonds. The summed E-state index contributed by atoms with van der Waals surface area (Å²) in [5.41, 5.74) is 2.98. The lowest BCUT2D eigenvalue weighted by atomic mass is 9.99. The molecule has 3 nitrogen and oxygen atoms in total. The van der Waals surface area contributed by atoms with Gasteiger partial charge in [-0.3, -0.25) is 5.32 Å². The molecule has 0 saturated carbocycles. The molecule has 1 unspecified atom stereocenters. The van der Waals surface area contributed by atoms with Crippen LogP contribution in [-0.4, -0.2) is 13.5 Å². The molecular weight excluding hydrogens is 297 g/mol. The molecule has 3 rings (SSSR count). The number of fused-ring (bicyclic) bond motifs is 1. The van der Waals surface area contributed by atoms with E-state index in [4.69, 9.17) is 32.7 Å². The molecule has 1 atom stereocenters. The summed E-state index contributed by atoms with van der Waals surface area (Å²) in [5.74, 6) is 1.33. The molecule has 104 valence electrons. The molecule has 0 bridgehead atoms. The van der Waals surface area contributed by atoms with E-state index in [2.05, 4.69) is 5.32 Å². The average molecular weight is 310 g/mol. The fourth-order valence-electron chi connectivity index (χ4n) is 2.27. The highest BCUT2D eigenvalue weighted by Crippen LogP contribution is 2.45. The number of aryl methyl sites for hydroxylation is 1. The monoisotopic (exact) mass is 309 g/mol. The summed E-state index contributed by atoms with van der Waals surface area (Å²) in [5, 5.41) is 4.23. The molecular formula is C15H13Cl2NO2. The first-order valence-corrected chi connectivity index (χ1v) is 6.94. The Balaban J connectivity index is 2.15. The minimum Gasteiger partial charge on any atom is -0.438 e. The molecule has 20 heavy (non-hydrogen) atoms. The van der Waals surface area contributed by atoms with Gasteiger partial charge in [-0.25, -0.2) is 0 Å². The van der Waals surface area contributed by atoms with E-state index in [1.165, 1.54) is 0 Å². The van der Waals surface area contributed by atoms with Crippen molar-refractivity contribution in [2.75, 3.05) is 7.05 Å². The van der Waals surface area contributed by atoms with Gasteiger partial charge in [0.2, 0.25) is 0 Å². The molecule has 0 spiro atoms. The van der Waals surface area contributed by atoms with Crippen molar-refractivity contribution in [3.8, 4) is 22.6 Å². The molecule has 0 aromatic heterocycles. The van der Waals surface area contributed by atoms with Gasteiger partial charge in [0.1, 0.15) is 0 Å². The van der Waals surface area contributed by atoms with Crippen molar-refractivity contribution in [1.29, 1.82) is 0 Å². The molecule has 0 aliphatic carbocycles. The molecule has 2 aromatic carbocycles. The van der Waals surface area contributed by atoms with Gasteiger partial charge in [-0.1, -0.05) is 29.3 Å². The van der Waals surface area contributed by atoms with Crippen molar-refractivity contribution < 1.29 is 9.47 Å². The first-order chi connectivity index (χ1) is 9.58. The molecule has 1 heterocycles. The van der Waals surface area contributed by atoms with Gasteiger partial charge >= 0.3 is 6.41 Å². The zero-order chi connectivity index (χ0) is 14.3. The van der Waals surface area contributed by atoms with E-state index in [9.17, 15) is 0 Å². The number of ether oxygens (including phenoxy) is 2. The van der Waals surface area contributed by atoms with E-state index in [1.54, 1.807) is 13.1 Å². The van der Waals surface area contributed by atoms with Crippen LogP contribution in [0.25, 0.3) is 11.1 Å². The molecule has 0 radical (unpaired) electrons. The third-order valence-corrected chi connectivity index (χ3v) is 3.65. The summed E-state index contributed by atoms with van der Waals surface area (Å²) in [6.07, 6.45) is -0.491. The van der Waals surface area contributed by atoms with Crippen molar-refractivity contribution >= 4 is 23.2 Å². The number of nitrogens with one attached hydrogen (secondary N) is 1. The Morgan fingerprint density at radius 1 is 1.00 bits per heavy atom. The maximum atomic E-state index is 6.17. The van der Waals surface area contributed by atoms with Gasteiger partial charge in [0.05, 0.1) is 0 Å². The second-order valence-corrected chi connectivity index (χ2v) is 5.47. The first kappa shape index (κ1) is 13.6. The van der Waals surface area contributed by atoms with E-state index in [1.807, 2.05) is 31.2 Å². The van der Waals surface area contributed by atoms with Crippen LogP contribution in [0.5, 0.6) is 11.5 Å². The second-order valence-electron chi connectivity index (χ2n) is 4.60. The molecule has 1 aliphatic heterocycles. The molecule has 1 N–H and O–H groups in total. The number of benzene rings is 2. The Morgan fingerprint density at radius 3 is 2.50 bits per heavy atom. The molecule has 5 heteroatoms. The highest BCUT2D eigenvalue weighted by Gasteiger charge is 2.27. The standard InChI is InChI=1S/C15H13Cl2NO2/c1-8-5-9(16)3-4-11(8)12-6-10(17)7-13-14(12)20-15(18-2)19-13/h3-7,15,18H,1-2H3. The predicted molar refractivity (Wildman–Crippen MR) is 80.7 cm³/mol. The van der Waals surface area contributed by atoms with Crippen molar-refractivity contribution in [2.24, 2.45) is 0 Å². The van der Waals surface area contributed by atoms with Crippen LogP contribution in [0, 0.1) is 6.92 Å². The summed E-state index contributed by atoms with van der Waals surface area (Å²) >= 11 is 12.2. The number of halogens is 2. The van der Waals surface area contributed by atoms with Crippen LogP contribution in [0.3, 0.4) is 0 Å². The summed E-state index contributed by atoms with van der Waals surface area (Å²) in [4.78, 5) is 0. The van der Waals surface area contributed by atoms with Crippen LogP contribution in [0.1, 0.15) is 5.56 Å². The summed E-state index contributed by atoms with van der Waals surface area (Å²) in [7, 11) is 1.77. The fraction of sp³-hybridized carbons (Fsp3) is 0.200. The van der Waals surface area contributed by atoms with Gasteiger partial charge in [-0.15, -0.1) is 0 Å². The van der Waals surface area contributed by atoms with Crippen molar-refractivity contribution in [2.45, 2.75) is 13.3 Å². The minimum atomic E-state index is -0.491. The van der Waals surface area contributed by atoms with E-state index in [0.29, 0.717) is 21.5 Å². The minimum absolute atomic E-state index is 0.491. The van der Waals surface area contributed by atoms with Gasteiger partial charge < -0.3 is 9.47 Å². The second kappa shape index (κ2) is 5.17. The lowest BCUT2D eigenvalue weighted by Crippen LogP contribution is -2.32. The Bertz CT molecular complexity index is 673. The molecule has 2 aromatic rings. The summed E-state index contributed by atoms with van der Waals surface area (Å²) < 4.78 is 11.4. The zero-order valence-electron chi connectivity index (χ0n) is 11.0. The van der Waals surface area contributed by atoms with Crippen molar-refractivity contribution in [3.05, 3.63) is 45.9 Å². The van der Waals surface area contributed by atoms with E-state index in [0.717, 1.165) is 16.7 Å². The van der Waals surface area contributed by atoms with Crippen LogP contribution in [0.15, 0.2) is 30.3 Å². The van der Waals surface area contributed by atoms with Crippen LogP contribution >= 0.6 is 23.2 Å². The summed E-state index contributed by atoms with van der Waals surface area (Å²) in [6.45, 7) is 2.00. The lowest BCUT2D eigenvalue weighted by Gasteiger charge is -2.11. The SMILES string of the molecule is CNC1Oc2cc(Cl)cc(-c3ccc(Cl)cc3C)c2O1. The Labute approximate surface area is 127 Å². The topological polar surface area (TPSA) is 30.5 Å². The highest BCUT2D eigenvalue weighted by molar-refractivity contribution is 6.31. The van der Waals surface area contributed by atoms with Gasteiger partial charge in [0, 0.05) is 21.7 Å². The molecule has 0 saturated heterocycles. The van der Waals surface area contributed by atoms with Gasteiger partial charge in [-0.05, 0) is 43.3 Å². The van der Waals surface area contributed by atoms with Crippen LogP contribution in [0.2, 0.25) is 10.0 Å². The number of hydrogen-bond acceptors (Lipinski definition) is 3. The quantitative estimate of drug-likeness (QED) is 0.900. The normalized spacial score (nSPS) is 16.5. The maximum absolute atomic E-state index is 6.17. The van der Waals surface area contributed by atoms with Crippen LogP contribution in [0.4, 0.5) is 0 Å². The van der Waals surface area contributed by atoms with Crippen LogP contribution < -0.4 is 14.8 Å². The zero-order valence-corrected chi connectivity index (χ0v) is 12.5. The maximum Gasteiger partial charge on any atom is 0.302 e. The van der Waals surface area contributed by atoms with E-state index in [-0.39, 0.29) is 0 Å². The number of rotatable bonds is 2. The van der Waals surface area contributed by atoms with E-state index < -0.39 is 6.41 Å². The highest BCUT2D eigenvalue weighted by atomic mass is 35.5. The first-order valence-electron chi connectivity index (χ1n) is 6.19. The Kier molecular flexibility index (Phi) is 3.50. The molecule has 1 aliphatic rings. The van der Waals surface area contributed by atoms with E-state index >= 15 is 0 Å². The average Bonchev–Trinajstić information content (AvgIpc) is 2.81. The van der Waals surface area contributed by atoms with Gasteiger partial charge in [0.25, 0.3) is 0 Å². The third kappa shape index (κ3) is 2.33. The Hall–Kier alpha value is -1.42. The van der Waals surface area contributed by atoms with Crippen molar-refractivity contribution in [1.82, 2.24) is 5.32 Å². The smallest absolute Gasteiger partial charge is 0.302 e. The van der Waals surface area contributed by atoms with Crippen LogP contribution in [-0.2, 0) is 0 Å². The lowest BCUT2D eigenvalue weighted by molar-refractivity contribution is 0.0257. The predicted octanol–water partition coefficient (Wildman–Crippen LogP) is 4.24. The largest absolute Gasteiger partial charge is 0.438 e. The number of hydrogen-bond donors (Lipinski definition) is 1. The van der Waals surface area contributed by atoms with Crippen molar-refractivity contribution in [3.63, 3.8) is 0 Å². The van der Waals surface area contributed by atoms with Gasteiger partial charge in [-0.2, -0.15) is 0 Å².